The second-order valence-corrected chi connectivity index (χ2v) is 7.72. The minimum absolute atomic E-state index is 0.0407. The second kappa shape index (κ2) is 12.9. The number of benzene rings is 2. The van der Waals surface area contributed by atoms with Crippen molar-refractivity contribution < 1.29 is 23.7 Å². The number of carbonyl (C=O) groups is 1. The molecule has 0 unspecified atom stereocenters. The molecule has 1 aromatic heterocycles. The molecule has 0 aliphatic rings. The molecular formula is C25H25N3O5S. The van der Waals surface area contributed by atoms with Gasteiger partial charge in [0, 0.05) is 24.1 Å². The van der Waals surface area contributed by atoms with Gasteiger partial charge in [0.1, 0.15) is 23.1 Å². The minimum atomic E-state index is -0.522. The van der Waals surface area contributed by atoms with Gasteiger partial charge in [-0.2, -0.15) is 5.26 Å². The molecule has 0 atom stereocenters. The molecular weight excluding hydrogens is 454 g/mol. The summed E-state index contributed by atoms with van der Waals surface area (Å²) < 4.78 is 22.5. The molecule has 0 radical (unpaired) electrons. The summed E-state index contributed by atoms with van der Waals surface area (Å²) in [5, 5.41) is 14.2. The number of thiazole rings is 1. The summed E-state index contributed by atoms with van der Waals surface area (Å²) in [7, 11) is 1.61. The number of amides is 1. The van der Waals surface area contributed by atoms with Gasteiger partial charge in [0.2, 0.25) is 0 Å². The fraction of sp³-hybridized carbons (Fsp3) is 0.240. The van der Waals surface area contributed by atoms with Crippen LogP contribution in [0.2, 0.25) is 0 Å². The average Bonchev–Trinajstić information content (AvgIpc) is 3.36. The van der Waals surface area contributed by atoms with Crippen LogP contribution in [0.25, 0.3) is 6.08 Å². The smallest absolute Gasteiger partial charge is 0.268 e. The van der Waals surface area contributed by atoms with Gasteiger partial charge >= 0.3 is 0 Å². The lowest BCUT2D eigenvalue weighted by atomic mass is 10.1. The molecule has 3 aromatic rings. The second-order valence-electron chi connectivity index (χ2n) is 6.83. The van der Waals surface area contributed by atoms with E-state index in [0.29, 0.717) is 48.4 Å². The van der Waals surface area contributed by atoms with Crippen molar-refractivity contribution in [1.82, 2.24) is 4.98 Å². The van der Waals surface area contributed by atoms with Gasteiger partial charge in [0.25, 0.3) is 5.91 Å². The van der Waals surface area contributed by atoms with Crippen LogP contribution in [0, 0.1) is 11.3 Å². The van der Waals surface area contributed by atoms with E-state index in [2.05, 4.69) is 10.3 Å². The van der Waals surface area contributed by atoms with Gasteiger partial charge in [-0.15, -0.1) is 11.3 Å². The van der Waals surface area contributed by atoms with E-state index in [9.17, 15) is 10.1 Å². The van der Waals surface area contributed by atoms with Crippen LogP contribution in [-0.4, -0.2) is 37.8 Å². The first-order valence-corrected chi connectivity index (χ1v) is 11.5. The van der Waals surface area contributed by atoms with Crippen LogP contribution < -0.4 is 24.3 Å². The fourth-order valence-electron chi connectivity index (χ4n) is 2.89. The number of rotatable bonds is 12. The van der Waals surface area contributed by atoms with E-state index in [1.165, 1.54) is 17.4 Å². The molecule has 1 amide bonds. The summed E-state index contributed by atoms with van der Waals surface area (Å²) in [4.78, 5) is 16.4. The Kier molecular flexibility index (Phi) is 9.31. The third-order valence-corrected chi connectivity index (χ3v) is 5.14. The van der Waals surface area contributed by atoms with Gasteiger partial charge in [-0.05, 0) is 42.8 Å². The number of ether oxygens (including phenoxy) is 4. The molecule has 1 N–H and O–H groups in total. The number of aromatic nitrogens is 1. The van der Waals surface area contributed by atoms with E-state index in [1.807, 2.05) is 37.3 Å². The number of nitrogens with one attached hydrogen (secondary N) is 1. The zero-order chi connectivity index (χ0) is 24.2. The maximum Gasteiger partial charge on any atom is 0.268 e. The maximum absolute atomic E-state index is 12.4. The summed E-state index contributed by atoms with van der Waals surface area (Å²) in [5.74, 6) is 2.06. The molecule has 34 heavy (non-hydrogen) atoms. The number of nitriles is 1. The number of methoxy groups -OCH3 is 1. The van der Waals surface area contributed by atoms with Crippen molar-refractivity contribution in [2.45, 2.75) is 13.3 Å². The maximum atomic E-state index is 12.4. The van der Waals surface area contributed by atoms with Crippen molar-refractivity contribution in [2.75, 3.05) is 32.2 Å². The van der Waals surface area contributed by atoms with Crippen LogP contribution in [0.3, 0.4) is 0 Å². The van der Waals surface area contributed by atoms with Gasteiger partial charge in [-0.3, -0.25) is 10.1 Å². The topological polar surface area (TPSA) is 103 Å². The Labute approximate surface area is 202 Å². The Balaban J connectivity index is 1.58. The molecule has 1 heterocycles. The highest BCUT2D eigenvalue weighted by molar-refractivity contribution is 7.13. The fourth-order valence-corrected chi connectivity index (χ4v) is 3.41. The molecule has 2 aromatic carbocycles. The molecule has 3 rings (SSSR count). The SMILES string of the molecule is CCOc1cc(/C=C(/C#N)C(=O)Nc2nccs2)ccc1OCCCOc1cccc(OC)c1. The molecule has 0 saturated carbocycles. The Morgan fingerprint density at radius 1 is 1.12 bits per heavy atom. The first-order valence-electron chi connectivity index (χ1n) is 10.6. The highest BCUT2D eigenvalue weighted by atomic mass is 32.1. The third kappa shape index (κ3) is 7.25. The molecule has 8 nitrogen and oxygen atoms in total. The van der Waals surface area contributed by atoms with E-state index < -0.39 is 5.91 Å². The van der Waals surface area contributed by atoms with Crippen LogP contribution in [0.1, 0.15) is 18.9 Å². The first kappa shape index (κ1) is 24.6. The predicted octanol–water partition coefficient (Wildman–Crippen LogP) is 4.94. The number of carbonyl (C=O) groups excluding carboxylic acids is 1. The van der Waals surface area contributed by atoms with Crippen molar-refractivity contribution in [1.29, 1.82) is 5.26 Å². The molecule has 9 heteroatoms. The van der Waals surface area contributed by atoms with E-state index >= 15 is 0 Å². The summed E-state index contributed by atoms with van der Waals surface area (Å²) in [6.45, 7) is 3.23. The van der Waals surface area contributed by atoms with Crippen LogP contribution in [0.15, 0.2) is 59.6 Å². The molecule has 0 aliphatic heterocycles. The molecule has 0 fully saturated rings. The van der Waals surface area contributed by atoms with E-state index in [1.54, 1.807) is 36.9 Å². The van der Waals surface area contributed by atoms with Gasteiger partial charge in [-0.1, -0.05) is 12.1 Å². The van der Waals surface area contributed by atoms with Crippen molar-refractivity contribution >= 4 is 28.5 Å². The van der Waals surface area contributed by atoms with E-state index in [-0.39, 0.29) is 5.57 Å². The normalized spacial score (nSPS) is 10.8. The van der Waals surface area contributed by atoms with Gasteiger partial charge in [0.05, 0.1) is 26.9 Å². The lowest BCUT2D eigenvalue weighted by Gasteiger charge is -2.13. The van der Waals surface area contributed by atoms with Crippen molar-refractivity contribution in [3.05, 3.63) is 65.2 Å². The molecule has 176 valence electrons. The Morgan fingerprint density at radius 3 is 2.68 bits per heavy atom. The largest absolute Gasteiger partial charge is 0.497 e. The third-order valence-electron chi connectivity index (χ3n) is 4.45. The van der Waals surface area contributed by atoms with Crippen molar-refractivity contribution in [2.24, 2.45) is 0 Å². The quantitative estimate of drug-likeness (QED) is 0.223. The number of hydrogen-bond donors (Lipinski definition) is 1. The van der Waals surface area contributed by atoms with Gasteiger partial charge in [0.15, 0.2) is 16.6 Å². The lowest BCUT2D eigenvalue weighted by Crippen LogP contribution is -2.13. The summed E-state index contributed by atoms with van der Waals surface area (Å²) in [5.41, 5.74) is 0.601. The van der Waals surface area contributed by atoms with Gasteiger partial charge < -0.3 is 18.9 Å². The van der Waals surface area contributed by atoms with Crippen LogP contribution in [0.4, 0.5) is 5.13 Å². The van der Waals surface area contributed by atoms with E-state index in [0.717, 1.165) is 11.5 Å². The number of anilines is 1. The highest BCUT2D eigenvalue weighted by Crippen LogP contribution is 2.30. The molecule has 0 spiro atoms. The highest BCUT2D eigenvalue weighted by Gasteiger charge is 2.12. The zero-order valence-electron chi connectivity index (χ0n) is 18.9. The molecule has 0 bridgehead atoms. The molecule has 0 saturated heterocycles. The molecule has 0 aliphatic carbocycles. The van der Waals surface area contributed by atoms with Gasteiger partial charge in [-0.25, -0.2) is 4.98 Å². The summed E-state index contributed by atoms with van der Waals surface area (Å²) in [6, 6.07) is 14.6. The monoisotopic (exact) mass is 479 g/mol. The van der Waals surface area contributed by atoms with Crippen LogP contribution >= 0.6 is 11.3 Å². The minimum Gasteiger partial charge on any atom is -0.497 e. The number of nitrogens with zero attached hydrogens (tertiary/aromatic N) is 2. The summed E-state index contributed by atoms with van der Waals surface area (Å²) in [6.07, 6.45) is 3.74. The lowest BCUT2D eigenvalue weighted by molar-refractivity contribution is -0.112. The van der Waals surface area contributed by atoms with Crippen LogP contribution in [-0.2, 0) is 4.79 Å². The van der Waals surface area contributed by atoms with Crippen molar-refractivity contribution in [3.63, 3.8) is 0 Å². The Hall–Kier alpha value is -4.03. The predicted molar refractivity (Wildman–Crippen MR) is 131 cm³/mol. The standard InChI is InChI=1S/C25H25N3O5S/c1-3-31-23-15-18(14-19(17-26)24(29)28-25-27-10-13-34-25)8-9-22(23)33-12-5-11-32-21-7-4-6-20(16-21)30-2/h4,6-10,13-16H,3,5,11-12H2,1-2H3,(H,27,28,29)/b19-14-. The zero-order valence-corrected chi connectivity index (χ0v) is 19.8. The Morgan fingerprint density at radius 2 is 1.94 bits per heavy atom. The van der Waals surface area contributed by atoms with Crippen LogP contribution in [0.5, 0.6) is 23.0 Å². The van der Waals surface area contributed by atoms with E-state index in [4.69, 9.17) is 18.9 Å². The Bertz CT molecular complexity index is 1160. The summed E-state index contributed by atoms with van der Waals surface area (Å²) >= 11 is 1.28. The van der Waals surface area contributed by atoms with Crippen molar-refractivity contribution in [3.8, 4) is 29.1 Å². The average molecular weight is 480 g/mol. The first-order chi connectivity index (χ1) is 16.6. The number of hydrogen-bond acceptors (Lipinski definition) is 8.